The SMILES string of the molecule is CC(NCC(O)c1ccsc1)c1ccc(C(F)(F)F)cc1. The molecule has 0 amide bonds. The molecule has 21 heavy (non-hydrogen) atoms. The quantitative estimate of drug-likeness (QED) is 0.869. The van der Waals surface area contributed by atoms with E-state index in [0.717, 1.165) is 23.3 Å². The number of aliphatic hydroxyl groups is 1. The normalized spacial score (nSPS) is 14.9. The van der Waals surface area contributed by atoms with Gasteiger partial charge in [0.05, 0.1) is 11.7 Å². The molecule has 0 bridgehead atoms. The van der Waals surface area contributed by atoms with Crippen molar-refractivity contribution in [1.29, 1.82) is 0 Å². The summed E-state index contributed by atoms with van der Waals surface area (Å²) in [5.41, 5.74) is 0.935. The number of thiophene rings is 1. The average molecular weight is 315 g/mol. The fraction of sp³-hybridized carbons (Fsp3) is 0.333. The van der Waals surface area contributed by atoms with Crippen LogP contribution in [-0.2, 0) is 6.18 Å². The van der Waals surface area contributed by atoms with Crippen molar-refractivity contribution in [2.75, 3.05) is 6.54 Å². The molecule has 2 unspecified atom stereocenters. The summed E-state index contributed by atoms with van der Waals surface area (Å²) in [4.78, 5) is 0. The van der Waals surface area contributed by atoms with E-state index in [1.165, 1.54) is 23.5 Å². The second-order valence-corrected chi connectivity index (χ2v) is 5.60. The van der Waals surface area contributed by atoms with Crippen molar-refractivity contribution in [2.45, 2.75) is 25.2 Å². The van der Waals surface area contributed by atoms with Gasteiger partial charge in [-0.1, -0.05) is 12.1 Å². The van der Waals surface area contributed by atoms with Crippen LogP contribution in [0, 0.1) is 0 Å². The summed E-state index contributed by atoms with van der Waals surface area (Å²) in [5, 5.41) is 16.8. The number of alkyl halides is 3. The minimum atomic E-state index is -4.32. The largest absolute Gasteiger partial charge is 0.416 e. The molecule has 0 aliphatic rings. The topological polar surface area (TPSA) is 32.3 Å². The van der Waals surface area contributed by atoms with E-state index in [0.29, 0.717) is 6.54 Å². The molecule has 0 radical (unpaired) electrons. The summed E-state index contributed by atoms with van der Waals surface area (Å²) in [6, 6.07) is 6.76. The van der Waals surface area contributed by atoms with Crippen LogP contribution in [0.2, 0.25) is 0 Å². The molecule has 1 heterocycles. The third kappa shape index (κ3) is 4.30. The van der Waals surface area contributed by atoms with E-state index < -0.39 is 17.8 Å². The maximum atomic E-state index is 12.5. The van der Waals surface area contributed by atoms with Crippen LogP contribution in [0.4, 0.5) is 13.2 Å². The molecule has 1 aromatic carbocycles. The molecule has 2 rings (SSSR count). The third-order valence-electron chi connectivity index (χ3n) is 3.28. The molecule has 0 saturated carbocycles. The maximum Gasteiger partial charge on any atom is 0.416 e. The Kier molecular flexibility index (Phi) is 5.03. The number of hydrogen-bond donors (Lipinski definition) is 2. The highest BCUT2D eigenvalue weighted by atomic mass is 32.1. The van der Waals surface area contributed by atoms with E-state index in [9.17, 15) is 18.3 Å². The molecule has 0 saturated heterocycles. The van der Waals surface area contributed by atoms with Crippen LogP contribution < -0.4 is 5.32 Å². The van der Waals surface area contributed by atoms with Gasteiger partial charge in [0.25, 0.3) is 0 Å². The van der Waals surface area contributed by atoms with Crippen molar-refractivity contribution in [3.05, 3.63) is 57.8 Å². The Labute approximate surface area is 125 Å². The van der Waals surface area contributed by atoms with Crippen LogP contribution in [-0.4, -0.2) is 11.7 Å². The molecule has 2 atom stereocenters. The highest BCUT2D eigenvalue weighted by Crippen LogP contribution is 2.30. The van der Waals surface area contributed by atoms with Crippen molar-refractivity contribution in [2.24, 2.45) is 0 Å². The van der Waals surface area contributed by atoms with Gasteiger partial charge in [0.15, 0.2) is 0 Å². The molecular formula is C15H16F3NOS. The number of hydrogen-bond acceptors (Lipinski definition) is 3. The van der Waals surface area contributed by atoms with Crippen LogP contribution in [0.1, 0.15) is 35.8 Å². The summed E-state index contributed by atoms with van der Waals surface area (Å²) >= 11 is 1.51. The van der Waals surface area contributed by atoms with E-state index in [2.05, 4.69) is 5.32 Å². The van der Waals surface area contributed by atoms with E-state index in [-0.39, 0.29) is 6.04 Å². The van der Waals surface area contributed by atoms with Gasteiger partial charge in [-0.25, -0.2) is 0 Å². The van der Waals surface area contributed by atoms with Gasteiger partial charge in [-0.05, 0) is 47.0 Å². The molecule has 0 aliphatic heterocycles. The Balaban J connectivity index is 1.93. The lowest BCUT2D eigenvalue weighted by Crippen LogP contribution is -2.24. The molecule has 2 nitrogen and oxygen atoms in total. The first-order chi connectivity index (χ1) is 9.88. The van der Waals surface area contributed by atoms with Crippen molar-refractivity contribution < 1.29 is 18.3 Å². The number of aliphatic hydroxyl groups excluding tert-OH is 1. The minimum Gasteiger partial charge on any atom is -0.387 e. The molecule has 0 spiro atoms. The molecule has 2 N–H and O–H groups in total. The van der Waals surface area contributed by atoms with E-state index in [1.807, 2.05) is 23.8 Å². The van der Waals surface area contributed by atoms with Crippen molar-refractivity contribution in [3.8, 4) is 0 Å². The van der Waals surface area contributed by atoms with Gasteiger partial charge in [0.1, 0.15) is 0 Å². The highest BCUT2D eigenvalue weighted by Gasteiger charge is 2.30. The second-order valence-electron chi connectivity index (χ2n) is 4.82. The third-order valence-corrected chi connectivity index (χ3v) is 3.98. The zero-order valence-corrected chi connectivity index (χ0v) is 12.2. The van der Waals surface area contributed by atoms with Gasteiger partial charge in [0.2, 0.25) is 0 Å². The monoisotopic (exact) mass is 315 g/mol. The van der Waals surface area contributed by atoms with E-state index in [4.69, 9.17) is 0 Å². The molecule has 2 aromatic rings. The molecule has 6 heteroatoms. The van der Waals surface area contributed by atoms with Gasteiger partial charge in [-0.15, -0.1) is 0 Å². The van der Waals surface area contributed by atoms with E-state index >= 15 is 0 Å². The van der Waals surface area contributed by atoms with Gasteiger partial charge in [-0.2, -0.15) is 24.5 Å². The fourth-order valence-electron chi connectivity index (χ4n) is 1.95. The number of halogens is 3. The maximum absolute atomic E-state index is 12.5. The Hall–Kier alpha value is -1.37. The van der Waals surface area contributed by atoms with Crippen LogP contribution in [0.15, 0.2) is 41.1 Å². The van der Waals surface area contributed by atoms with Crippen molar-refractivity contribution in [3.63, 3.8) is 0 Å². The smallest absolute Gasteiger partial charge is 0.387 e. The summed E-state index contributed by atoms with van der Waals surface area (Å²) in [7, 11) is 0. The molecular weight excluding hydrogens is 299 g/mol. The Morgan fingerprint density at radius 3 is 2.33 bits per heavy atom. The van der Waals surface area contributed by atoms with Crippen LogP contribution in [0.3, 0.4) is 0 Å². The number of nitrogens with one attached hydrogen (secondary N) is 1. The van der Waals surface area contributed by atoms with Gasteiger partial charge in [0, 0.05) is 12.6 Å². The summed E-state index contributed by atoms with van der Waals surface area (Å²) in [5.74, 6) is 0. The molecule has 0 aliphatic carbocycles. The van der Waals surface area contributed by atoms with Crippen LogP contribution in [0.25, 0.3) is 0 Å². The summed E-state index contributed by atoms with van der Waals surface area (Å²) in [6.45, 7) is 2.20. The molecule has 114 valence electrons. The number of rotatable bonds is 5. The highest BCUT2D eigenvalue weighted by molar-refractivity contribution is 7.07. The van der Waals surface area contributed by atoms with Gasteiger partial charge < -0.3 is 10.4 Å². The lowest BCUT2D eigenvalue weighted by molar-refractivity contribution is -0.137. The van der Waals surface area contributed by atoms with E-state index in [1.54, 1.807) is 0 Å². The fourth-order valence-corrected chi connectivity index (χ4v) is 2.66. The first-order valence-electron chi connectivity index (χ1n) is 6.48. The predicted octanol–water partition coefficient (Wildman–Crippen LogP) is 4.15. The lowest BCUT2D eigenvalue weighted by Gasteiger charge is -2.17. The summed E-state index contributed by atoms with van der Waals surface area (Å²) in [6.07, 6.45) is -4.93. The Bertz CT molecular complexity index is 551. The van der Waals surface area contributed by atoms with Crippen molar-refractivity contribution >= 4 is 11.3 Å². The molecule has 0 fully saturated rings. The predicted molar refractivity (Wildman–Crippen MR) is 77.1 cm³/mol. The first kappa shape index (κ1) is 16.0. The lowest BCUT2D eigenvalue weighted by atomic mass is 10.1. The summed E-state index contributed by atoms with van der Waals surface area (Å²) < 4.78 is 37.5. The van der Waals surface area contributed by atoms with Crippen molar-refractivity contribution in [1.82, 2.24) is 5.32 Å². The zero-order valence-electron chi connectivity index (χ0n) is 11.4. The van der Waals surface area contributed by atoms with Gasteiger partial charge in [-0.3, -0.25) is 0 Å². The second kappa shape index (κ2) is 6.60. The zero-order chi connectivity index (χ0) is 15.5. The minimum absolute atomic E-state index is 0.138. The van der Waals surface area contributed by atoms with Crippen LogP contribution in [0.5, 0.6) is 0 Å². The van der Waals surface area contributed by atoms with Crippen LogP contribution >= 0.6 is 11.3 Å². The van der Waals surface area contributed by atoms with Gasteiger partial charge >= 0.3 is 6.18 Å². The number of benzene rings is 1. The average Bonchev–Trinajstić information content (AvgIpc) is 2.98. The molecule has 1 aromatic heterocycles. The Morgan fingerprint density at radius 2 is 1.81 bits per heavy atom. The standard InChI is InChI=1S/C15H16F3NOS/c1-10(19-8-14(20)12-6-7-21-9-12)11-2-4-13(5-3-11)15(16,17)18/h2-7,9-10,14,19-20H,8H2,1H3. The first-order valence-corrected chi connectivity index (χ1v) is 7.43. The Morgan fingerprint density at radius 1 is 1.14 bits per heavy atom.